The Morgan fingerprint density at radius 3 is 1.19 bits per heavy atom. The summed E-state index contributed by atoms with van der Waals surface area (Å²) < 4.78 is 83.3. The lowest BCUT2D eigenvalue weighted by Crippen LogP contribution is -2.66. The minimum Gasteiger partial charge on any atom is -0.445 e. The standard InChI is InChI=1S/C77H85NO13/c1-2-47-82-71-69(84-52-62-36-18-6-19-37-62)67(57-80-50-60-32-14-4-15-33-60)90-76(74(71)87-55-65-42-24-9-25-43-65)91-70-68(58-81-51-61-34-16-5-17-35-61)89-75(73(86-54-64-40-22-8-23-41-64)72(70)85-53-63-38-20-7-21-39-63)83-48-29-11-28-46-78(49-59-30-12-3-13-31-59)77(79)88-56-66-44-26-10-27-45-66/h2-10,12-27,30-45,67-76H,1,11,28-29,46-58H2/t67-,68-,69+,70-,71+,72+,73-,74-,75-,76+/m1/s1. The van der Waals surface area contributed by atoms with Crippen LogP contribution in [-0.4, -0.2) is 105 Å². The van der Waals surface area contributed by atoms with Gasteiger partial charge >= 0.3 is 6.09 Å². The van der Waals surface area contributed by atoms with Crippen LogP contribution in [0.1, 0.15) is 63.8 Å². The average Bonchev–Trinajstić information content (AvgIpc) is 1.55. The summed E-state index contributed by atoms with van der Waals surface area (Å²) in [6.45, 7) is 7.32. The van der Waals surface area contributed by atoms with Gasteiger partial charge in [-0.3, -0.25) is 0 Å². The van der Waals surface area contributed by atoms with Crippen LogP contribution in [0.3, 0.4) is 0 Å². The van der Waals surface area contributed by atoms with Gasteiger partial charge in [0.15, 0.2) is 12.6 Å². The van der Waals surface area contributed by atoms with E-state index in [9.17, 15) is 4.79 Å². The summed E-state index contributed by atoms with van der Waals surface area (Å²) in [5.74, 6) is 0. The molecule has 1 amide bonds. The van der Waals surface area contributed by atoms with E-state index in [1.165, 1.54) is 0 Å². The van der Waals surface area contributed by atoms with Crippen molar-refractivity contribution in [2.24, 2.45) is 0 Å². The Morgan fingerprint density at radius 1 is 0.374 bits per heavy atom. The Labute approximate surface area is 536 Å². The zero-order chi connectivity index (χ0) is 62.3. The van der Waals surface area contributed by atoms with Crippen molar-refractivity contribution in [2.45, 2.75) is 133 Å². The summed E-state index contributed by atoms with van der Waals surface area (Å²) in [5.41, 5.74) is 7.75. The van der Waals surface area contributed by atoms with Crippen LogP contribution in [0.4, 0.5) is 4.79 Å². The highest BCUT2D eigenvalue weighted by molar-refractivity contribution is 5.67. The van der Waals surface area contributed by atoms with Gasteiger partial charge in [0.2, 0.25) is 0 Å². The van der Waals surface area contributed by atoms with Gasteiger partial charge in [-0.05, 0) is 63.8 Å². The van der Waals surface area contributed by atoms with Crippen molar-refractivity contribution in [3.63, 3.8) is 0 Å². The van der Waals surface area contributed by atoms with Gasteiger partial charge in [-0.2, -0.15) is 0 Å². The van der Waals surface area contributed by atoms with Crippen molar-refractivity contribution >= 4 is 6.09 Å². The first kappa shape index (κ1) is 66.3. The van der Waals surface area contributed by atoms with Crippen molar-refractivity contribution < 1.29 is 61.6 Å². The first-order valence-electron chi connectivity index (χ1n) is 31.7. The molecular formula is C77H85NO13. The Bertz CT molecular complexity index is 3250. The molecule has 10 atom stereocenters. The van der Waals surface area contributed by atoms with Crippen LogP contribution in [-0.2, 0) is 110 Å². The van der Waals surface area contributed by atoms with Crippen LogP contribution >= 0.6 is 0 Å². The Balaban J connectivity index is 0.962. The fourth-order valence-corrected chi connectivity index (χ4v) is 11.1. The second-order valence-corrected chi connectivity index (χ2v) is 22.7. The topological polar surface area (TPSA) is 131 Å². The number of carbonyl (C=O) groups excluding carboxylic acids is 1. The number of rotatable bonds is 36. The summed E-state index contributed by atoms with van der Waals surface area (Å²) in [6, 6.07) is 79.8. The zero-order valence-corrected chi connectivity index (χ0v) is 51.7. The fourth-order valence-electron chi connectivity index (χ4n) is 11.1. The van der Waals surface area contributed by atoms with E-state index in [-0.39, 0.29) is 58.9 Å². The van der Waals surface area contributed by atoms with E-state index in [1.807, 2.05) is 243 Å². The summed E-state index contributed by atoms with van der Waals surface area (Å²) in [6.07, 6.45) is -5.30. The lowest BCUT2D eigenvalue weighted by Gasteiger charge is -2.50. The summed E-state index contributed by atoms with van der Waals surface area (Å²) in [7, 11) is 0. The number of benzene rings is 8. The number of unbranched alkanes of at least 4 members (excludes halogenated alkanes) is 2. The molecule has 0 unspecified atom stereocenters. The van der Waals surface area contributed by atoms with Crippen molar-refractivity contribution in [3.8, 4) is 0 Å². The molecule has 0 spiro atoms. The largest absolute Gasteiger partial charge is 0.445 e. The summed E-state index contributed by atoms with van der Waals surface area (Å²) >= 11 is 0. The highest BCUT2D eigenvalue weighted by Crippen LogP contribution is 2.37. The third kappa shape index (κ3) is 21.2. The quantitative estimate of drug-likeness (QED) is 0.0273. The van der Waals surface area contributed by atoms with Gasteiger partial charge in [-0.25, -0.2) is 4.79 Å². The smallest absolute Gasteiger partial charge is 0.410 e. The third-order valence-electron chi connectivity index (χ3n) is 15.8. The van der Waals surface area contributed by atoms with E-state index in [4.69, 9.17) is 56.8 Å². The first-order chi connectivity index (χ1) is 45.0. The highest BCUT2D eigenvalue weighted by Gasteiger charge is 2.54. The Hall–Kier alpha value is -7.67. The molecule has 0 aliphatic carbocycles. The molecule has 91 heavy (non-hydrogen) atoms. The molecule has 2 heterocycles. The average molecular weight is 1230 g/mol. The highest BCUT2D eigenvalue weighted by atomic mass is 16.8. The molecule has 0 bridgehead atoms. The van der Waals surface area contributed by atoms with Gasteiger partial charge in [0, 0.05) is 19.7 Å². The second-order valence-electron chi connectivity index (χ2n) is 22.7. The summed E-state index contributed by atoms with van der Waals surface area (Å²) in [5, 5.41) is 0. The molecule has 8 aromatic rings. The Morgan fingerprint density at radius 2 is 0.736 bits per heavy atom. The maximum Gasteiger partial charge on any atom is 0.410 e. The molecule has 0 radical (unpaired) electrons. The van der Waals surface area contributed by atoms with Crippen molar-refractivity contribution in [2.75, 3.05) is 33.0 Å². The van der Waals surface area contributed by atoms with E-state index in [0.717, 1.165) is 50.9 Å². The lowest BCUT2D eigenvalue weighted by atomic mass is 9.95. The van der Waals surface area contributed by atoms with Crippen molar-refractivity contribution in [1.29, 1.82) is 0 Å². The van der Waals surface area contributed by atoms with Crippen LogP contribution in [0.5, 0.6) is 0 Å². The normalized spacial score (nSPS) is 21.4. The van der Waals surface area contributed by atoms with E-state index < -0.39 is 61.4 Å². The molecule has 0 aromatic heterocycles. The van der Waals surface area contributed by atoms with E-state index in [0.29, 0.717) is 45.8 Å². The van der Waals surface area contributed by atoms with E-state index >= 15 is 0 Å². The number of amides is 1. The minimum atomic E-state index is -1.14. The van der Waals surface area contributed by atoms with Crippen LogP contribution in [0.2, 0.25) is 0 Å². The van der Waals surface area contributed by atoms with Gasteiger partial charge in [0.1, 0.15) is 55.4 Å². The van der Waals surface area contributed by atoms with Gasteiger partial charge in [0.25, 0.3) is 0 Å². The Kier molecular flexibility index (Phi) is 26.9. The molecule has 476 valence electrons. The number of carbonyl (C=O) groups is 1. The predicted octanol–water partition coefficient (Wildman–Crippen LogP) is 14.2. The van der Waals surface area contributed by atoms with Gasteiger partial charge in [-0.15, -0.1) is 6.58 Å². The van der Waals surface area contributed by atoms with E-state index in [1.54, 1.807) is 11.0 Å². The molecule has 8 aromatic carbocycles. The van der Waals surface area contributed by atoms with Crippen LogP contribution in [0.25, 0.3) is 0 Å². The zero-order valence-electron chi connectivity index (χ0n) is 51.7. The van der Waals surface area contributed by atoms with Crippen LogP contribution in [0.15, 0.2) is 255 Å². The van der Waals surface area contributed by atoms with Gasteiger partial charge in [0.05, 0.1) is 59.5 Å². The molecular weight excluding hydrogens is 1150 g/mol. The third-order valence-corrected chi connectivity index (χ3v) is 15.8. The van der Waals surface area contributed by atoms with Crippen molar-refractivity contribution in [1.82, 2.24) is 4.90 Å². The van der Waals surface area contributed by atoms with Gasteiger partial charge < -0.3 is 61.7 Å². The predicted molar refractivity (Wildman–Crippen MR) is 348 cm³/mol. The van der Waals surface area contributed by atoms with Crippen LogP contribution in [0, 0.1) is 0 Å². The molecule has 0 saturated carbocycles. The lowest BCUT2D eigenvalue weighted by molar-refractivity contribution is -0.377. The monoisotopic (exact) mass is 1230 g/mol. The maximum atomic E-state index is 13.7. The van der Waals surface area contributed by atoms with Crippen LogP contribution < -0.4 is 0 Å². The second kappa shape index (κ2) is 37.0. The minimum absolute atomic E-state index is 0.0682. The first-order valence-corrected chi connectivity index (χ1v) is 31.7. The molecule has 14 nitrogen and oxygen atoms in total. The molecule has 2 fully saturated rings. The number of ether oxygens (including phenoxy) is 12. The summed E-state index contributed by atoms with van der Waals surface area (Å²) in [4.78, 5) is 15.5. The SMILES string of the molecule is C=CCO[C@H]1[C@@H](OCc2ccccc2)[C@@H](COCc2ccccc2)O[C@@H](O[C@H]2[C@H](OCc3ccccc3)[C@@H](OCc3ccccc3)[C@H](OCCCCCN(Cc3ccccc3)C(=O)OCc3ccccc3)O[C@@H]2COCc2ccccc2)[C@@H]1OCc1ccccc1. The number of hydrogen-bond donors (Lipinski definition) is 0. The molecule has 2 saturated heterocycles. The molecule has 14 heteroatoms. The van der Waals surface area contributed by atoms with Gasteiger partial charge in [-0.1, -0.05) is 249 Å². The molecule has 2 aliphatic rings. The van der Waals surface area contributed by atoms with E-state index in [2.05, 4.69) is 6.58 Å². The van der Waals surface area contributed by atoms with Crippen molar-refractivity contribution in [3.05, 3.63) is 300 Å². The number of hydrogen-bond acceptors (Lipinski definition) is 13. The fraction of sp³-hybridized carbons (Fsp3) is 0.338. The molecule has 2 aliphatic heterocycles. The molecule has 10 rings (SSSR count). The molecule has 0 N–H and O–H groups in total. The maximum absolute atomic E-state index is 13.7. The number of nitrogens with zero attached hydrogens (tertiary/aromatic N) is 1.